The maximum Gasteiger partial charge on any atom is 0.270 e. The predicted molar refractivity (Wildman–Crippen MR) is 98.8 cm³/mol. The van der Waals surface area contributed by atoms with E-state index in [1.165, 1.54) is 11.8 Å². The van der Waals surface area contributed by atoms with Gasteiger partial charge in [0.15, 0.2) is 5.16 Å². The first kappa shape index (κ1) is 19.2. The molecule has 5 nitrogen and oxygen atoms in total. The SMILES string of the molecule is C=C(C(C)C)n1c(C(=O)N(C)C)cc2cnc(SC)nc21.CC. The van der Waals surface area contributed by atoms with Crippen molar-refractivity contribution < 1.29 is 4.79 Å². The lowest BCUT2D eigenvalue weighted by molar-refractivity contribution is 0.0820. The highest BCUT2D eigenvalue weighted by atomic mass is 32.2. The fourth-order valence-electron chi connectivity index (χ4n) is 2.01. The van der Waals surface area contributed by atoms with E-state index in [-0.39, 0.29) is 11.8 Å². The summed E-state index contributed by atoms with van der Waals surface area (Å²) in [5, 5.41) is 1.53. The van der Waals surface area contributed by atoms with E-state index in [1.54, 1.807) is 25.2 Å². The van der Waals surface area contributed by atoms with E-state index in [0.717, 1.165) is 16.7 Å². The Morgan fingerprint density at radius 2 is 1.96 bits per heavy atom. The molecule has 2 heterocycles. The Bertz CT molecular complexity index is 704. The summed E-state index contributed by atoms with van der Waals surface area (Å²) in [6.45, 7) is 12.2. The molecule has 0 radical (unpaired) electrons. The largest absolute Gasteiger partial charge is 0.343 e. The van der Waals surface area contributed by atoms with E-state index in [1.807, 2.05) is 30.7 Å². The molecule has 0 N–H and O–H groups in total. The van der Waals surface area contributed by atoms with Crippen molar-refractivity contribution in [2.75, 3.05) is 20.4 Å². The molecule has 6 heteroatoms. The molecule has 0 fully saturated rings. The topological polar surface area (TPSA) is 51.0 Å². The van der Waals surface area contributed by atoms with Gasteiger partial charge in [0.1, 0.15) is 11.3 Å². The second kappa shape index (κ2) is 8.15. The molecule has 1 amide bonds. The molecule has 23 heavy (non-hydrogen) atoms. The van der Waals surface area contributed by atoms with Crippen LogP contribution in [-0.4, -0.2) is 45.7 Å². The van der Waals surface area contributed by atoms with E-state index >= 15 is 0 Å². The van der Waals surface area contributed by atoms with E-state index in [4.69, 9.17) is 0 Å². The molecule has 2 aromatic heterocycles. The third-order valence-corrected chi connectivity index (χ3v) is 3.84. The zero-order valence-electron chi connectivity index (χ0n) is 15.0. The van der Waals surface area contributed by atoms with Crippen molar-refractivity contribution in [3.8, 4) is 0 Å². The number of thioether (sulfide) groups is 1. The summed E-state index contributed by atoms with van der Waals surface area (Å²) in [6, 6.07) is 1.83. The van der Waals surface area contributed by atoms with Crippen LogP contribution in [0.4, 0.5) is 0 Å². The van der Waals surface area contributed by atoms with Crippen LogP contribution in [0.25, 0.3) is 16.7 Å². The van der Waals surface area contributed by atoms with Gasteiger partial charge < -0.3 is 4.90 Å². The molecule has 2 aromatic rings. The van der Waals surface area contributed by atoms with Crippen molar-refractivity contribution in [3.05, 3.63) is 24.5 Å². The van der Waals surface area contributed by atoms with Crippen molar-refractivity contribution in [2.45, 2.75) is 32.9 Å². The third-order valence-electron chi connectivity index (χ3n) is 3.28. The summed E-state index contributed by atoms with van der Waals surface area (Å²) in [4.78, 5) is 22.8. The lowest BCUT2D eigenvalue weighted by atomic mass is 10.1. The first-order chi connectivity index (χ1) is 10.9. The summed E-state index contributed by atoms with van der Waals surface area (Å²) in [5.74, 6) is 0.141. The van der Waals surface area contributed by atoms with Gasteiger partial charge in [-0.3, -0.25) is 9.36 Å². The molecule has 0 aliphatic rings. The Morgan fingerprint density at radius 1 is 1.35 bits per heavy atom. The third kappa shape index (κ3) is 3.93. The van der Waals surface area contributed by atoms with Crippen molar-refractivity contribution in [1.29, 1.82) is 0 Å². The minimum absolute atomic E-state index is 0.0690. The van der Waals surface area contributed by atoms with Gasteiger partial charge in [-0.2, -0.15) is 0 Å². The average Bonchev–Trinajstić information content (AvgIpc) is 2.92. The van der Waals surface area contributed by atoms with Crippen molar-refractivity contribution in [2.24, 2.45) is 5.92 Å². The number of fused-ring (bicyclic) bond motifs is 1. The van der Waals surface area contributed by atoms with Crippen LogP contribution in [0.5, 0.6) is 0 Å². The van der Waals surface area contributed by atoms with Crippen molar-refractivity contribution >= 4 is 34.4 Å². The summed E-state index contributed by atoms with van der Waals surface area (Å²) >= 11 is 1.48. The number of nitrogens with zero attached hydrogens (tertiary/aromatic N) is 4. The average molecular weight is 334 g/mol. The molecule has 0 aromatic carbocycles. The first-order valence-corrected chi connectivity index (χ1v) is 8.92. The predicted octanol–water partition coefficient (Wildman–Crippen LogP) is 4.01. The summed E-state index contributed by atoms with van der Waals surface area (Å²) < 4.78 is 1.85. The number of hydrogen-bond acceptors (Lipinski definition) is 4. The molecule has 2 rings (SSSR count). The van der Waals surface area contributed by atoms with Crippen LogP contribution >= 0.6 is 11.8 Å². The van der Waals surface area contributed by atoms with Crippen LogP contribution < -0.4 is 0 Å². The minimum atomic E-state index is -0.0690. The number of carbonyl (C=O) groups is 1. The maximum absolute atomic E-state index is 12.4. The van der Waals surface area contributed by atoms with Gasteiger partial charge in [0.25, 0.3) is 5.91 Å². The molecule has 0 bridgehead atoms. The van der Waals surface area contributed by atoms with Crippen LogP contribution in [-0.2, 0) is 0 Å². The Morgan fingerprint density at radius 3 is 2.43 bits per heavy atom. The molecule has 126 valence electrons. The van der Waals surface area contributed by atoms with Gasteiger partial charge >= 0.3 is 0 Å². The fourth-order valence-corrected chi connectivity index (χ4v) is 2.34. The Kier molecular flexibility index (Phi) is 6.81. The number of amides is 1. The van der Waals surface area contributed by atoms with Crippen LogP contribution in [0.2, 0.25) is 0 Å². The van der Waals surface area contributed by atoms with Gasteiger partial charge in [-0.1, -0.05) is 46.0 Å². The summed E-state index contributed by atoms with van der Waals surface area (Å²) in [7, 11) is 3.48. The molecular formula is C17H26N4OS. The van der Waals surface area contributed by atoms with Crippen molar-refractivity contribution in [1.82, 2.24) is 19.4 Å². The van der Waals surface area contributed by atoms with Gasteiger partial charge in [0.05, 0.1) is 0 Å². The molecule has 0 spiro atoms. The normalized spacial score (nSPS) is 10.4. The highest BCUT2D eigenvalue weighted by molar-refractivity contribution is 7.98. The molecule has 0 unspecified atom stereocenters. The van der Waals surface area contributed by atoms with Gasteiger partial charge in [-0.05, 0) is 18.2 Å². The highest BCUT2D eigenvalue weighted by Crippen LogP contribution is 2.27. The van der Waals surface area contributed by atoms with Crippen LogP contribution in [0.1, 0.15) is 38.2 Å². The van der Waals surface area contributed by atoms with Gasteiger partial charge in [-0.15, -0.1) is 0 Å². The molecule has 0 aliphatic carbocycles. The van der Waals surface area contributed by atoms with Gasteiger partial charge in [0, 0.05) is 31.4 Å². The number of hydrogen-bond donors (Lipinski definition) is 0. The van der Waals surface area contributed by atoms with E-state index in [9.17, 15) is 4.79 Å². The number of aromatic nitrogens is 3. The maximum atomic E-state index is 12.4. The van der Waals surface area contributed by atoms with E-state index in [0.29, 0.717) is 10.9 Å². The molecule has 0 atom stereocenters. The molecule has 0 saturated heterocycles. The van der Waals surface area contributed by atoms with Crippen molar-refractivity contribution in [3.63, 3.8) is 0 Å². The van der Waals surface area contributed by atoms with Crippen LogP contribution in [0.15, 0.2) is 24.0 Å². The Labute approximate surface area is 142 Å². The lowest BCUT2D eigenvalue weighted by Crippen LogP contribution is -2.25. The van der Waals surface area contributed by atoms with E-state index in [2.05, 4.69) is 30.4 Å². The fraction of sp³-hybridized carbons (Fsp3) is 0.471. The quantitative estimate of drug-likeness (QED) is 0.626. The van der Waals surface area contributed by atoms with Gasteiger partial charge in [-0.25, -0.2) is 9.97 Å². The van der Waals surface area contributed by atoms with Crippen LogP contribution in [0, 0.1) is 5.92 Å². The monoisotopic (exact) mass is 334 g/mol. The highest BCUT2D eigenvalue weighted by Gasteiger charge is 2.21. The minimum Gasteiger partial charge on any atom is -0.343 e. The smallest absolute Gasteiger partial charge is 0.270 e. The number of carbonyl (C=O) groups excluding carboxylic acids is 1. The van der Waals surface area contributed by atoms with Crippen LogP contribution in [0.3, 0.4) is 0 Å². The molecular weight excluding hydrogens is 308 g/mol. The zero-order chi connectivity index (χ0) is 17.7. The number of allylic oxidation sites excluding steroid dienone is 1. The Hall–Kier alpha value is -1.82. The summed E-state index contributed by atoms with van der Waals surface area (Å²) in [6.07, 6.45) is 3.68. The van der Waals surface area contributed by atoms with Gasteiger partial charge in [0.2, 0.25) is 0 Å². The van der Waals surface area contributed by atoms with E-state index < -0.39 is 0 Å². The first-order valence-electron chi connectivity index (χ1n) is 7.70. The number of rotatable bonds is 4. The molecule has 0 saturated carbocycles. The second-order valence-electron chi connectivity index (χ2n) is 5.35. The zero-order valence-corrected chi connectivity index (χ0v) is 15.9. The Balaban J connectivity index is 0.00000127. The lowest BCUT2D eigenvalue weighted by Gasteiger charge is -2.17. The second-order valence-corrected chi connectivity index (χ2v) is 6.12. The summed E-state index contributed by atoms with van der Waals surface area (Å²) in [5.41, 5.74) is 2.15. The molecule has 0 aliphatic heterocycles. The standard InChI is InChI=1S/C15H20N4OS.C2H6/c1-9(2)10(3)19-12(14(20)18(4)5)7-11-8-16-15(21-6)17-13(11)19;1-2/h7-9H,3H2,1-2,4-6H3;1-2H3.